The van der Waals surface area contributed by atoms with Crippen molar-refractivity contribution in [1.82, 2.24) is 0 Å². The number of carbonyl (C=O) groups is 1. The SMILES string of the molecule is O=C(OC(F)CC(F)F)OC(F)CC(F)F. The predicted molar refractivity (Wildman–Crippen MR) is 38.6 cm³/mol. The highest BCUT2D eigenvalue weighted by molar-refractivity contribution is 5.60. The van der Waals surface area contributed by atoms with Crippen molar-refractivity contribution in [3.8, 4) is 0 Å². The summed E-state index contributed by atoms with van der Waals surface area (Å²) in [5.74, 6) is 0. The van der Waals surface area contributed by atoms with E-state index in [1.54, 1.807) is 0 Å². The van der Waals surface area contributed by atoms with Crippen LogP contribution >= 0.6 is 0 Å². The number of carbonyl (C=O) groups excluding carboxylic acids is 1. The average molecular weight is 254 g/mol. The van der Waals surface area contributed by atoms with Gasteiger partial charge in [-0.2, -0.15) is 0 Å². The molecule has 96 valence electrons. The van der Waals surface area contributed by atoms with Crippen molar-refractivity contribution in [2.75, 3.05) is 0 Å². The van der Waals surface area contributed by atoms with Gasteiger partial charge in [0.15, 0.2) is 0 Å². The van der Waals surface area contributed by atoms with Gasteiger partial charge in [-0.3, -0.25) is 0 Å². The second-order valence-corrected chi connectivity index (χ2v) is 2.56. The van der Waals surface area contributed by atoms with Gasteiger partial charge in [0.2, 0.25) is 12.9 Å². The second-order valence-electron chi connectivity index (χ2n) is 2.56. The number of hydrogen-bond donors (Lipinski definition) is 0. The van der Waals surface area contributed by atoms with Gasteiger partial charge in [0, 0.05) is 0 Å². The monoisotopic (exact) mass is 254 g/mol. The van der Waals surface area contributed by atoms with E-state index in [1.165, 1.54) is 0 Å². The lowest BCUT2D eigenvalue weighted by Gasteiger charge is -2.11. The molecule has 0 spiro atoms. The molecule has 0 bridgehead atoms. The van der Waals surface area contributed by atoms with Gasteiger partial charge in [0.05, 0.1) is 12.8 Å². The van der Waals surface area contributed by atoms with Gasteiger partial charge < -0.3 is 9.47 Å². The molecule has 0 rings (SSSR count). The van der Waals surface area contributed by atoms with Crippen LogP contribution in [0.25, 0.3) is 0 Å². The van der Waals surface area contributed by atoms with E-state index in [4.69, 9.17) is 0 Å². The maximum Gasteiger partial charge on any atom is 0.513 e. The highest BCUT2D eigenvalue weighted by Gasteiger charge is 2.23. The quantitative estimate of drug-likeness (QED) is 0.539. The minimum atomic E-state index is -3.06. The molecule has 0 aromatic heterocycles. The first-order valence-electron chi connectivity index (χ1n) is 4.03. The van der Waals surface area contributed by atoms with Gasteiger partial charge in [0.25, 0.3) is 12.7 Å². The molecule has 0 amide bonds. The minimum absolute atomic E-state index is 1.40. The summed E-state index contributed by atoms with van der Waals surface area (Å²) < 4.78 is 77.8. The summed E-state index contributed by atoms with van der Waals surface area (Å²) in [4.78, 5) is 10.4. The lowest BCUT2D eigenvalue weighted by molar-refractivity contribution is -0.0983. The molecule has 0 saturated heterocycles. The maximum absolute atomic E-state index is 12.3. The van der Waals surface area contributed by atoms with Crippen molar-refractivity contribution in [1.29, 1.82) is 0 Å². The van der Waals surface area contributed by atoms with E-state index >= 15 is 0 Å². The highest BCUT2D eigenvalue weighted by Crippen LogP contribution is 2.13. The molecule has 2 atom stereocenters. The zero-order chi connectivity index (χ0) is 12.7. The van der Waals surface area contributed by atoms with Crippen LogP contribution in [-0.4, -0.2) is 31.7 Å². The van der Waals surface area contributed by atoms with Crippen LogP contribution in [0.3, 0.4) is 0 Å². The lowest BCUT2D eigenvalue weighted by Crippen LogP contribution is -2.22. The number of ether oxygens (including phenoxy) is 2. The Balaban J connectivity index is 3.80. The molecule has 0 N–H and O–H groups in total. The standard InChI is InChI=1S/C7H8F6O3/c8-3(9)1-5(12)15-7(14)16-6(13)2-4(10)11/h3-6H,1-2H2. The van der Waals surface area contributed by atoms with Gasteiger partial charge >= 0.3 is 6.16 Å². The van der Waals surface area contributed by atoms with Crippen LogP contribution in [0.2, 0.25) is 0 Å². The second kappa shape index (κ2) is 7.18. The van der Waals surface area contributed by atoms with E-state index in [1.807, 2.05) is 0 Å². The van der Waals surface area contributed by atoms with Crippen LogP contribution in [0.1, 0.15) is 12.8 Å². The largest absolute Gasteiger partial charge is 0.513 e. The summed E-state index contributed by atoms with van der Waals surface area (Å²) in [6.45, 7) is 0. The summed E-state index contributed by atoms with van der Waals surface area (Å²) in [6, 6.07) is 0. The van der Waals surface area contributed by atoms with Crippen LogP contribution < -0.4 is 0 Å². The van der Waals surface area contributed by atoms with E-state index in [-0.39, 0.29) is 0 Å². The normalized spacial score (nSPS) is 15.0. The predicted octanol–water partition coefficient (Wildman–Crippen LogP) is 3.04. The van der Waals surface area contributed by atoms with Crippen LogP contribution in [0, 0.1) is 0 Å². The summed E-state index contributed by atoms with van der Waals surface area (Å²) in [5, 5.41) is 0. The van der Waals surface area contributed by atoms with Crippen molar-refractivity contribution in [2.45, 2.75) is 38.4 Å². The van der Waals surface area contributed by atoms with E-state index in [2.05, 4.69) is 9.47 Å². The molecule has 3 nitrogen and oxygen atoms in total. The Kier molecular flexibility index (Phi) is 6.66. The summed E-state index contributed by atoms with van der Waals surface area (Å²) >= 11 is 0. The molecule has 0 aromatic rings. The van der Waals surface area contributed by atoms with Crippen LogP contribution in [0.15, 0.2) is 0 Å². The van der Waals surface area contributed by atoms with E-state index < -0.39 is 44.6 Å². The number of halogens is 6. The molecule has 0 fully saturated rings. The zero-order valence-corrected chi connectivity index (χ0v) is 7.72. The Bertz CT molecular complexity index is 192. The zero-order valence-electron chi connectivity index (χ0n) is 7.72. The van der Waals surface area contributed by atoms with Gasteiger partial charge in [-0.25, -0.2) is 31.1 Å². The summed E-state index contributed by atoms with van der Waals surface area (Å²) in [5.41, 5.74) is 0. The molecular formula is C7H8F6O3. The smallest absolute Gasteiger partial charge is 0.399 e. The Hall–Kier alpha value is -1.15. The number of rotatable bonds is 6. The van der Waals surface area contributed by atoms with Crippen LogP contribution in [-0.2, 0) is 9.47 Å². The molecular weight excluding hydrogens is 246 g/mol. The van der Waals surface area contributed by atoms with E-state index in [0.717, 1.165) is 0 Å². The fraction of sp³-hybridized carbons (Fsp3) is 0.857. The van der Waals surface area contributed by atoms with Crippen LogP contribution in [0.5, 0.6) is 0 Å². The van der Waals surface area contributed by atoms with Gasteiger partial charge in [-0.05, 0) is 0 Å². The Morgan fingerprint density at radius 1 is 0.812 bits per heavy atom. The molecule has 0 heterocycles. The van der Waals surface area contributed by atoms with Crippen molar-refractivity contribution < 1.29 is 40.6 Å². The molecule has 0 aliphatic rings. The first-order valence-corrected chi connectivity index (χ1v) is 4.03. The van der Waals surface area contributed by atoms with Crippen LogP contribution in [0.4, 0.5) is 31.1 Å². The molecule has 2 unspecified atom stereocenters. The summed E-state index contributed by atoms with van der Waals surface area (Å²) in [6.07, 6.45) is -16.2. The average Bonchev–Trinajstić information content (AvgIpc) is 1.97. The third kappa shape index (κ3) is 8.18. The molecule has 0 aliphatic carbocycles. The first kappa shape index (κ1) is 14.8. The third-order valence-electron chi connectivity index (χ3n) is 1.18. The van der Waals surface area contributed by atoms with E-state index in [9.17, 15) is 31.1 Å². The third-order valence-corrected chi connectivity index (χ3v) is 1.18. The molecule has 9 heteroatoms. The molecule has 0 aliphatic heterocycles. The topological polar surface area (TPSA) is 35.5 Å². The molecule has 0 radical (unpaired) electrons. The van der Waals surface area contributed by atoms with Gasteiger partial charge in [-0.1, -0.05) is 0 Å². The molecule has 0 aromatic carbocycles. The van der Waals surface area contributed by atoms with Crippen molar-refractivity contribution in [2.24, 2.45) is 0 Å². The highest BCUT2D eigenvalue weighted by atomic mass is 19.3. The van der Waals surface area contributed by atoms with Crippen molar-refractivity contribution in [3.63, 3.8) is 0 Å². The number of alkyl halides is 6. The van der Waals surface area contributed by atoms with E-state index in [0.29, 0.717) is 0 Å². The Morgan fingerprint density at radius 2 is 1.12 bits per heavy atom. The fourth-order valence-corrected chi connectivity index (χ4v) is 0.613. The van der Waals surface area contributed by atoms with Gasteiger partial charge in [-0.15, -0.1) is 0 Å². The Morgan fingerprint density at radius 3 is 1.38 bits per heavy atom. The van der Waals surface area contributed by atoms with Crippen molar-refractivity contribution >= 4 is 6.16 Å². The maximum atomic E-state index is 12.3. The fourth-order valence-electron chi connectivity index (χ4n) is 0.613. The minimum Gasteiger partial charge on any atom is -0.399 e. The molecule has 0 saturated carbocycles. The summed E-state index contributed by atoms with van der Waals surface area (Å²) in [7, 11) is 0. The Labute approximate surface area is 86.3 Å². The first-order chi connectivity index (χ1) is 7.31. The van der Waals surface area contributed by atoms with Crippen molar-refractivity contribution in [3.05, 3.63) is 0 Å². The lowest BCUT2D eigenvalue weighted by atomic mass is 10.4. The molecule has 16 heavy (non-hydrogen) atoms. The number of hydrogen-bond acceptors (Lipinski definition) is 3. The van der Waals surface area contributed by atoms with Gasteiger partial charge in [0.1, 0.15) is 0 Å².